The van der Waals surface area contributed by atoms with Gasteiger partial charge in [-0.1, -0.05) is 23.8 Å². The minimum Gasteiger partial charge on any atom is -0.465 e. The molecule has 1 heterocycles. The zero-order chi connectivity index (χ0) is 14.0. The maximum absolute atomic E-state index is 11.6. The monoisotopic (exact) mass is 275 g/mol. The fourth-order valence-electron chi connectivity index (χ4n) is 2.02. The van der Waals surface area contributed by atoms with Gasteiger partial charge in [-0.2, -0.15) is 0 Å². The van der Waals surface area contributed by atoms with Crippen molar-refractivity contribution in [3.8, 4) is 0 Å². The number of carbonyl (C=O) groups excluding carboxylic acids is 1. The van der Waals surface area contributed by atoms with Crippen LogP contribution < -0.4 is 0 Å². The highest BCUT2D eigenvalue weighted by molar-refractivity contribution is 7.13. The van der Waals surface area contributed by atoms with E-state index in [1.165, 1.54) is 35.1 Å². The van der Waals surface area contributed by atoms with E-state index in [2.05, 4.69) is 37.0 Å². The molecule has 100 valence electrons. The van der Waals surface area contributed by atoms with Gasteiger partial charge in [0.1, 0.15) is 4.88 Å². The highest BCUT2D eigenvalue weighted by Gasteiger charge is 2.16. The molecule has 3 nitrogen and oxygen atoms in total. The second-order valence-corrected chi connectivity index (χ2v) is 5.70. The normalized spacial score (nSPS) is 10.5. The van der Waals surface area contributed by atoms with Crippen molar-refractivity contribution in [1.29, 1.82) is 0 Å². The Hall–Kier alpha value is -1.68. The lowest BCUT2D eigenvalue weighted by atomic mass is 10.0. The summed E-state index contributed by atoms with van der Waals surface area (Å²) in [5, 5.41) is 0.949. The largest absolute Gasteiger partial charge is 0.465 e. The van der Waals surface area contributed by atoms with Crippen molar-refractivity contribution in [3.05, 3.63) is 50.5 Å². The van der Waals surface area contributed by atoms with Crippen LogP contribution in [0.3, 0.4) is 0 Å². The summed E-state index contributed by atoms with van der Waals surface area (Å²) in [6.07, 6.45) is 0.759. The van der Waals surface area contributed by atoms with E-state index >= 15 is 0 Å². The molecule has 0 unspecified atom stereocenters. The van der Waals surface area contributed by atoms with E-state index in [0.717, 1.165) is 17.1 Å². The van der Waals surface area contributed by atoms with Crippen molar-refractivity contribution >= 4 is 17.3 Å². The van der Waals surface area contributed by atoms with Crippen LogP contribution >= 0.6 is 11.3 Å². The van der Waals surface area contributed by atoms with Gasteiger partial charge in [-0.05, 0) is 31.9 Å². The van der Waals surface area contributed by atoms with E-state index in [9.17, 15) is 4.79 Å². The van der Waals surface area contributed by atoms with Crippen molar-refractivity contribution in [1.82, 2.24) is 4.98 Å². The predicted octanol–water partition coefficient (Wildman–Crippen LogP) is 3.45. The summed E-state index contributed by atoms with van der Waals surface area (Å²) in [6, 6.07) is 6.39. The lowest BCUT2D eigenvalue weighted by molar-refractivity contribution is 0.0605. The van der Waals surface area contributed by atoms with Crippen LogP contribution in [-0.2, 0) is 11.2 Å². The molecule has 0 saturated heterocycles. The van der Waals surface area contributed by atoms with Gasteiger partial charge in [0.2, 0.25) is 0 Å². The quantitative estimate of drug-likeness (QED) is 0.805. The minimum atomic E-state index is -0.304. The summed E-state index contributed by atoms with van der Waals surface area (Å²) >= 11 is 1.41. The predicted molar refractivity (Wildman–Crippen MR) is 76.9 cm³/mol. The summed E-state index contributed by atoms with van der Waals surface area (Å²) in [4.78, 5) is 16.6. The Balaban J connectivity index is 2.26. The molecule has 1 aromatic carbocycles. The van der Waals surface area contributed by atoms with Crippen LogP contribution in [0.1, 0.15) is 37.1 Å². The maximum Gasteiger partial charge on any atom is 0.349 e. The maximum atomic E-state index is 11.6. The molecule has 0 bridgehead atoms. The molecule has 0 N–H and O–H groups in total. The molecule has 0 amide bonds. The second-order valence-electron chi connectivity index (χ2n) is 4.62. The Morgan fingerprint density at radius 3 is 2.68 bits per heavy atom. The number of ether oxygens (including phenoxy) is 1. The summed E-state index contributed by atoms with van der Waals surface area (Å²) in [6.45, 7) is 6.03. The Morgan fingerprint density at radius 1 is 1.32 bits per heavy atom. The van der Waals surface area contributed by atoms with E-state index in [1.54, 1.807) is 0 Å². The van der Waals surface area contributed by atoms with Gasteiger partial charge in [0, 0.05) is 6.42 Å². The Labute approximate surface area is 117 Å². The van der Waals surface area contributed by atoms with E-state index in [-0.39, 0.29) is 5.97 Å². The standard InChI is InChI=1S/C15H17NO2S/c1-9-5-6-12(10(2)7-9)8-13-16-11(3)14(19-13)15(17)18-4/h5-7H,8H2,1-4H3. The van der Waals surface area contributed by atoms with E-state index in [4.69, 9.17) is 4.74 Å². The number of aromatic nitrogens is 1. The van der Waals surface area contributed by atoms with Gasteiger partial charge in [-0.15, -0.1) is 11.3 Å². The topological polar surface area (TPSA) is 39.2 Å². The lowest BCUT2D eigenvalue weighted by Gasteiger charge is -2.04. The molecule has 0 atom stereocenters. The van der Waals surface area contributed by atoms with Crippen LogP contribution in [0.5, 0.6) is 0 Å². The number of rotatable bonds is 3. The number of thiazole rings is 1. The number of benzene rings is 1. The van der Waals surface area contributed by atoms with Gasteiger partial charge in [0.15, 0.2) is 0 Å². The number of nitrogens with zero attached hydrogens (tertiary/aromatic N) is 1. The summed E-state index contributed by atoms with van der Waals surface area (Å²) in [5.41, 5.74) is 4.51. The zero-order valence-corrected chi connectivity index (χ0v) is 12.4. The SMILES string of the molecule is COC(=O)c1sc(Cc2ccc(C)cc2C)nc1C. The number of methoxy groups -OCH3 is 1. The molecule has 0 aliphatic rings. The van der Waals surface area contributed by atoms with Gasteiger partial charge in [0.05, 0.1) is 17.8 Å². The highest BCUT2D eigenvalue weighted by Crippen LogP contribution is 2.23. The third kappa shape index (κ3) is 3.01. The van der Waals surface area contributed by atoms with Crippen LogP contribution in [0.4, 0.5) is 0 Å². The van der Waals surface area contributed by atoms with Crippen LogP contribution in [0.2, 0.25) is 0 Å². The number of hydrogen-bond donors (Lipinski definition) is 0. The molecular weight excluding hydrogens is 258 g/mol. The fraction of sp³-hybridized carbons (Fsp3) is 0.333. The van der Waals surface area contributed by atoms with Crippen molar-refractivity contribution in [2.45, 2.75) is 27.2 Å². The van der Waals surface area contributed by atoms with Crippen molar-refractivity contribution in [2.75, 3.05) is 7.11 Å². The zero-order valence-electron chi connectivity index (χ0n) is 11.6. The molecule has 2 aromatic rings. The molecule has 0 aliphatic heterocycles. The molecule has 0 aliphatic carbocycles. The summed E-state index contributed by atoms with van der Waals surface area (Å²) in [7, 11) is 1.39. The second kappa shape index (κ2) is 5.53. The molecule has 0 saturated carbocycles. The number of esters is 1. The van der Waals surface area contributed by atoms with Gasteiger partial charge in [-0.25, -0.2) is 9.78 Å². The van der Waals surface area contributed by atoms with Crippen molar-refractivity contribution < 1.29 is 9.53 Å². The molecule has 0 fully saturated rings. The third-order valence-electron chi connectivity index (χ3n) is 3.05. The third-order valence-corrected chi connectivity index (χ3v) is 4.19. The molecule has 1 aromatic heterocycles. The van der Waals surface area contributed by atoms with Crippen LogP contribution in [-0.4, -0.2) is 18.1 Å². The molecule has 2 rings (SSSR count). The molecule has 0 radical (unpaired) electrons. The lowest BCUT2D eigenvalue weighted by Crippen LogP contribution is -1.99. The van der Waals surface area contributed by atoms with Crippen LogP contribution in [0.25, 0.3) is 0 Å². The number of aryl methyl sites for hydroxylation is 3. The van der Waals surface area contributed by atoms with E-state index < -0.39 is 0 Å². The molecule has 0 spiro atoms. The first-order chi connectivity index (χ1) is 9.01. The first-order valence-corrected chi connectivity index (χ1v) is 6.93. The molecule has 4 heteroatoms. The van der Waals surface area contributed by atoms with Gasteiger partial charge >= 0.3 is 5.97 Å². The van der Waals surface area contributed by atoms with Gasteiger partial charge in [-0.3, -0.25) is 0 Å². The van der Waals surface area contributed by atoms with Gasteiger partial charge < -0.3 is 4.74 Å². The van der Waals surface area contributed by atoms with Gasteiger partial charge in [0.25, 0.3) is 0 Å². The van der Waals surface area contributed by atoms with Crippen molar-refractivity contribution in [3.63, 3.8) is 0 Å². The minimum absolute atomic E-state index is 0.304. The Bertz CT molecular complexity index is 617. The summed E-state index contributed by atoms with van der Waals surface area (Å²) in [5.74, 6) is -0.304. The van der Waals surface area contributed by atoms with Crippen LogP contribution in [0.15, 0.2) is 18.2 Å². The average Bonchev–Trinajstić information content (AvgIpc) is 2.73. The van der Waals surface area contributed by atoms with Crippen molar-refractivity contribution in [2.24, 2.45) is 0 Å². The van der Waals surface area contributed by atoms with E-state index in [1.807, 2.05) is 6.92 Å². The van der Waals surface area contributed by atoms with Crippen LogP contribution in [0, 0.1) is 20.8 Å². The Kier molecular flexibility index (Phi) is 4.00. The number of carbonyl (C=O) groups is 1. The highest BCUT2D eigenvalue weighted by atomic mass is 32.1. The molecule has 19 heavy (non-hydrogen) atoms. The summed E-state index contributed by atoms with van der Waals surface area (Å²) < 4.78 is 4.75. The first kappa shape index (κ1) is 13.7. The molecular formula is C15H17NO2S. The number of hydrogen-bond acceptors (Lipinski definition) is 4. The fourth-order valence-corrected chi connectivity index (χ4v) is 3.02. The van der Waals surface area contributed by atoms with E-state index in [0.29, 0.717) is 4.88 Å². The first-order valence-electron chi connectivity index (χ1n) is 6.12. The smallest absolute Gasteiger partial charge is 0.349 e. The Morgan fingerprint density at radius 2 is 2.05 bits per heavy atom. The average molecular weight is 275 g/mol.